The largest absolute Gasteiger partial charge is 0.379 e. The summed E-state index contributed by atoms with van der Waals surface area (Å²) in [5, 5.41) is 3.00. The summed E-state index contributed by atoms with van der Waals surface area (Å²) in [5.41, 5.74) is 1.15. The summed E-state index contributed by atoms with van der Waals surface area (Å²) < 4.78 is 34.4. The molecule has 0 unspecified atom stereocenters. The Morgan fingerprint density at radius 2 is 1.84 bits per heavy atom. The van der Waals surface area contributed by atoms with Crippen LogP contribution in [0.1, 0.15) is 27.8 Å². The molecule has 0 bridgehead atoms. The van der Waals surface area contributed by atoms with Gasteiger partial charge in [0.05, 0.1) is 18.1 Å². The van der Waals surface area contributed by atoms with Crippen molar-refractivity contribution in [1.82, 2.24) is 19.2 Å². The zero-order valence-corrected chi connectivity index (χ0v) is 18.0. The normalized spacial score (nSPS) is 16.0. The summed E-state index contributed by atoms with van der Waals surface area (Å²) in [4.78, 5) is 17.6. The van der Waals surface area contributed by atoms with Crippen LogP contribution in [0.3, 0.4) is 0 Å². The van der Waals surface area contributed by atoms with Gasteiger partial charge < -0.3 is 14.6 Å². The van der Waals surface area contributed by atoms with Crippen molar-refractivity contribution in [3.8, 4) is 0 Å². The highest BCUT2D eigenvalue weighted by molar-refractivity contribution is 7.89. The average Bonchev–Trinajstić information content (AvgIpc) is 3.24. The molecule has 0 radical (unpaired) electrons. The maximum absolute atomic E-state index is 13.1. The number of imidazole rings is 1. The number of benzene rings is 2. The van der Waals surface area contributed by atoms with Gasteiger partial charge in [0.25, 0.3) is 5.91 Å². The topological polar surface area (TPSA) is 93.5 Å². The quantitative estimate of drug-likeness (QED) is 0.633. The molecule has 1 atom stereocenters. The molecule has 0 saturated carbocycles. The third-order valence-electron chi connectivity index (χ3n) is 5.23. The number of aromatic nitrogens is 2. The number of ether oxygens (including phenoxy) is 1. The highest BCUT2D eigenvalue weighted by Gasteiger charge is 2.27. The van der Waals surface area contributed by atoms with Crippen LogP contribution in [0.2, 0.25) is 0 Å². The Labute approximate surface area is 181 Å². The predicted molar refractivity (Wildman–Crippen MR) is 115 cm³/mol. The smallest absolute Gasteiger partial charge is 0.252 e. The maximum Gasteiger partial charge on any atom is 0.252 e. The summed E-state index contributed by atoms with van der Waals surface area (Å²) in [7, 11) is -1.83. The Kier molecular flexibility index (Phi) is 6.17. The number of morpholine rings is 1. The fraction of sp³-hybridized carbons (Fsp3) is 0.273. The lowest BCUT2D eigenvalue weighted by atomic mass is 10.1. The molecule has 0 spiro atoms. The summed E-state index contributed by atoms with van der Waals surface area (Å²) in [6, 6.07) is 15.2. The van der Waals surface area contributed by atoms with E-state index < -0.39 is 16.1 Å². The summed E-state index contributed by atoms with van der Waals surface area (Å²) in [6.07, 6.45) is 3.49. The number of amides is 1. The SMILES string of the molecule is Cn1ccnc1[C@H](NC(=O)c1cccc(S(=O)(=O)N2CCOCC2)c1)c1ccccc1. The molecule has 1 saturated heterocycles. The third-order valence-corrected chi connectivity index (χ3v) is 7.12. The second-order valence-corrected chi connectivity index (χ2v) is 9.20. The molecule has 9 heteroatoms. The monoisotopic (exact) mass is 440 g/mol. The first-order valence-corrected chi connectivity index (χ1v) is 11.4. The first kappa shape index (κ1) is 21.2. The first-order chi connectivity index (χ1) is 15.0. The molecule has 2 heterocycles. The minimum absolute atomic E-state index is 0.0929. The van der Waals surface area contributed by atoms with Gasteiger partial charge in [0, 0.05) is 38.1 Å². The molecule has 1 amide bonds. The minimum atomic E-state index is -3.69. The van der Waals surface area contributed by atoms with Crippen LogP contribution in [-0.4, -0.2) is 54.5 Å². The molecule has 1 N–H and O–H groups in total. The summed E-state index contributed by atoms with van der Waals surface area (Å²) >= 11 is 0. The Bertz CT molecular complexity index is 1160. The zero-order valence-electron chi connectivity index (χ0n) is 17.1. The third kappa shape index (κ3) is 4.53. The van der Waals surface area contributed by atoms with Gasteiger partial charge in [-0.05, 0) is 23.8 Å². The number of aryl methyl sites for hydroxylation is 1. The molecule has 1 aliphatic heterocycles. The van der Waals surface area contributed by atoms with E-state index in [0.29, 0.717) is 32.1 Å². The van der Waals surface area contributed by atoms with Gasteiger partial charge >= 0.3 is 0 Å². The summed E-state index contributed by atoms with van der Waals surface area (Å²) in [6.45, 7) is 1.33. The molecule has 1 fully saturated rings. The zero-order chi connectivity index (χ0) is 21.8. The number of carbonyl (C=O) groups excluding carboxylic acids is 1. The highest BCUT2D eigenvalue weighted by atomic mass is 32.2. The van der Waals surface area contributed by atoms with Gasteiger partial charge in [0.2, 0.25) is 10.0 Å². The molecule has 8 nitrogen and oxygen atoms in total. The lowest BCUT2D eigenvalue weighted by molar-refractivity contribution is 0.0730. The van der Waals surface area contributed by atoms with Crippen molar-refractivity contribution in [2.75, 3.05) is 26.3 Å². The number of rotatable bonds is 6. The second kappa shape index (κ2) is 9.01. The fourth-order valence-electron chi connectivity index (χ4n) is 3.55. The second-order valence-electron chi connectivity index (χ2n) is 7.26. The molecule has 2 aromatic carbocycles. The molecule has 1 aromatic heterocycles. The van der Waals surface area contributed by atoms with E-state index in [1.54, 1.807) is 18.3 Å². The van der Waals surface area contributed by atoms with E-state index in [1.807, 2.05) is 48.1 Å². The highest BCUT2D eigenvalue weighted by Crippen LogP contribution is 2.22. The Hall–Kier alpha value is -3.01. The van der Waals surface area contributed by atoms with E-state index in [4.69, 9.17) is 4.74 Å². The molecule has 0 aliphatic carbocycles. The van der Waals surface area contributed by atoms with Crippen molar-refractivity contribution in [3.05, 3.63) is 83.9 Å². The van der Waals surface area contributed by atoms with Gasteiger partial charge in [-0.2, -0.15) is 4.31 Å². The molecular weight excluding hydrogens is 416 g/mol. The van der Waals surface area contributed by atoms with Crippen LogP contribution in [-0.2, 0) is 21.8 Å². The predicted octanol–water partition coefficient (Wildman–Crippen LogP) is 1.96. The number of nitrogens with zero attached hydrogens (tertiary/aromatic N) is 3. The van der Waals surface area contributed by atoms with Crippen molar-refractivity contribution in [1.29, 1.82) is 0 Å². The number of hydrogen-bond donors (Lipinski definition) is 1. The van der Waals surface area contributed by atoms with Crippen LogP contribution < -0.4 is 5.32 Å². The van der Waals surface area contributed by atoms with E-state index in [2.05, 4.69) is 10.3 Å². The molecule has 1 aliphatic rings. The lowest BCUT2D eigenvalue weighted by Crippen LogP contribution is -2.40. The van der Waals surface area contributed by atoms with Crippen LogP contribution in [0.25, 0.3) is 0 Å². The van der Waals surface area contributed by atoms with E-state index in [1.165, 1.54) is 16.4 Å². The van der Waals surface area contributed by atoms with Crippen LogP contribution in [0.4, 0.5) is 0 Å². The molecule has 4 rings (SSSR count). The number of hydrogen-bond acceptors (Lipinski definition) is 5. The van der Waals surface area contributed by atoms with Gasteiger partial charge in [-0.3, -0.25) is 4.79 Å². The van der Waals surface area contributed by atoms with Gasteiger partial charge in [-0.15, -0.1) is 0 Å². The fourth-order valence-corrected chi connectivity index (χ4v) is 5.00. The Morgan fingerprint density at radius 3 is 2.52 bits per heavy atom. The van der Waals surface area contributed by atoms with Crippen molar-refractivity contribution in [2.45, 2.75) is 10.9 Å². The van der Waals surface area contributed by atoms with E-state index in [-0.39, 0.29) is 16.4 Å². The standard InChI is InChI=1S/C22H24N4O4S/c1-25-11-10-23-21(25)20(17-6-3-2-4-7-17)24-22(27)18-8-5-9-19(16-18)31(28,29)26-12-14-30-15-13-26/h2-11,16,20H,12-15H2,1H3,(H,24,27)/t20-/m1/s1. The van der Waals surface area contributed by atoms with Crippen LogP contribution >= 0.6 is 0 Å². The number of nitrogens with one attached hydrogen (secondary N) is 1. The lowest BCUT2D eigenvalue weighted by Gasteiger charge is -2.26. The van der Waals surface area contributed by atoms with Crippen molar-refractivity contribution in [2.24, 2.45) is 7.05 Å². The Balaban J connectivity index is 1.62. The van der Waals surface area contributed by atoms with Gasteiger partial charge in [-0.25, -0.2) is 13.4 Å². The minimum Gasteiger partial charge on any atom is -0.379 e. The van der Waals surface area contributed by atoms with Crippen molar-refractivity contribution >= 4 is 15.9 Å². The van der Waals surface area contributed by atoms with Crippen LogP contribution in [0.15, 0.2) is 71.9 Å². The number of carbonyl (C=O) groups is 1. The average molecular weight is 441 g/mol. The maximum atomic E-state index is 13.1. The molecular formula is C22H24N4O4S. The van der Waals surface area contributed by atoms with E-state index in [0.717, 1.165) is 5.56 Å². The number of sulfonamides is 1. The molecule has 162 valence electrons. The van der Waals surface area contributed by atoms with Gasteiger partial charge in [-0.1, -0.05) is 36.4 Å². The van der Waals surface area contributed by atoms with E-state index >= 15 is 0 Å². The Morgan fingerprint density at radius 1 is 1.10 bits per heavy atom. The van der Waals surface area contributed by atoms with Crippen LogP contribution in [0, 0.1) is 0 Å². The van der Waals surface area contributed by atoms with Crippen molar-refractivity contribution < 1.29 is 17.9 Å². The van der Waals surface area contributed by atoms with Gasteiger partial charge in [0.15, 0.2) is 0 Å². The molecule has 31 heavy (non-hydrogen) atoms. The van der Waals surface area contributed by atoms with Gasteiger partial charge in [0.1, 0.15) is 11.9 Å². The first-order valence-electron chi connectivity index (χ1n) is 9.98. The van der Waals surface area contributed by atoms with Crippen molar-refractivity contribution in [3.63, 3.8) is 0 Å². The van der Waals surface area contributed by atoms with Crippen LogP contribution in [0.5, 0.6) is 0 Å². The van der Waals surface area contributed by atoms with E-state index in [9.17, 15) is 13.2 Å². The summed E-state index contributed by atoms with van der Waals surface area (Å²) in [5.74, 6) is 0.299. The molecule has 3 aromatic rings.